The van der Waals surface area contributed by atoms with E-state index in [1.165, 1.54) is 0 Å². The molecule has 1 aromatic rings. The number of carbonyl (C=O) groups is 1. The Balaban J connectivity index is 1.81. The van der Waals surface area contributed by atoms with Crippen molar-refractivity contribution in [3.05, 3.63) is 34.7 Å². The van der Waals surface area contributed by atoms with Gasteiger partial charge in [-0.1, -0.05) is 6.07 Å². The van der Waals surface area contributed by atoms with Crippen molar-refractivity contribution in [3.63, 3.8) is 0 Å². The zero-order valence-corrected chi connectivity index (χ0v) is 10.3. The number of likely N-dealkylation sites (tertiary alicyclic amines) is 1. The van der Waals surface area contributed by atoms with Gasteiger partial charge in [0.1, 0.15) is 0 Å². The van der Waals surface area contributed by atoms with Crippen molar-refractivity contribution in [1.82, 2.24) is 9.47 Å². The Hall–Kier alpha value is -1.62. The summed E-state index contributed by atoms with van der Waals surface area (Å²) in [7, 11) is 0. The Labute approximate surface area is 106 Å². The molecule has 5 heteroatoms. The summed E-state index contributed by atoms with van der Waals surface area (Å²) in [5, 5.41) is 8.90. The lowest BCUT2D eigenvalue weighted by atomic mass is 9.97. The van der Waals surface area contributed by atoms with Crippen LogP contribution < -0.4 is 5.56 Å². The zero-order valence-electron chi connectivity index (χ0n) is 10.3. The van der Waals surface area contributed by atoms with Gasteiger partial charge in [-0.05, 0) is 32.0 Å². The number of nitrogens with zero attached hydrogens (tertiary/aromatic N) is 2. The molecule has 1 N–H and O–H groups in total. The molecule has 1 fully saturated rings. The van der Waals surface area contributed by atoms with Gasteiger partial charge in [0.25, 0.3) is 5.56 Å². The topological polar surface area (TPSA) is 62.5 Å². The van der Waals surface area contributed by atoms with E-state index in [-0.39, 0.29) is 11.5 Å². The molecule has 0 radical (unpaired) electrons. The minimum absolute atomic E-state index is 0.0120. The van der Waals surface area contributed by atoms with Gasteiger partial charge in [0.15, 0.2) is 0 Å². The third kappa shape index (κ3) is 3.20. The van der Waals surface area contributed by atoms with E-state index in [0.717, 1.165) is 19.6 Å². The van der Waals surface area contributed by atoms with Gasteiger partial charge < -0.3 is 14.6 Å². The molecule has 18 heavy (non-hydrogen) atoms. The Kier molecular flexibility index (Phi) is 4.15. The fourth-order valence-corrected chi connectivity index (χ4v) is 2.30. The molecule has 0 amide bonds. The first kappa shape index (κ1) is 12.8. The van der Waals surface area contributed by atoms with Crippen LogP contribution in [0.25, 0.3) is 0 Å². The van der Waals surface area contributed by atoms with Crippen molar-refractivity contribution in [2.24, 2.45) is 5.92 Å². The highest BCUT2D eigenvalue weighted by Gasteiger charge is 2.23. The molecule has 2 heterocycles. The zero-order chi connectivity index (χ0) is 13.0. The number of rotatable bonds is 4. The monoisotopic (exact) mass is 250 g/mol. The first-order valence-electron chi connectivity index (χ1n) is 6.27. The summed E-state index contributed by atoms with van der Waals surface area (Å²) in [6.07, 6.45) is 3.20. The molecule has 0 bridgehead atoms. The largest absolute Gasteiger partial charge is 0.481 e. The SMILES string of the molecule is O=C(O)C1CCN(CCn2ccccc2=O)CC1. The smallest absolute Gasteiger partial charge is 0.306 e. The van der Waals surface area contributed by atoms with Crippen LogP contribution >= 0.6 is 0 Å². The lowest BCUT2D eigenvalue weighted by molar-refractivity contribution is -0.143. The molecule has 1 aliphatic heterocycles. The first-order chi connectivity index (χ1) is 8.66. The molecule has 0 aromatic carbocycles. The Morgan fingerprint density at radius 3 is 2.61 bits per heavy atom. The molecule has 1 aromatic heterocycles. The van der Waals surface area contributed by atoms with Crippen molar-refractivity contribution in [3.8, 4) is 0 Å². The molecule has 98 valence electrons. The number of piperidine rings is 1. The van der Waals surface area contributed by atoms with Gasteiger partial charge in [-0.15, -0.1) is 0 Å². The van der Waals surface area contributed by atoms with E-state index in [1.54, 1.807) is 22.9 Å². The Morgan fingerprint density at radius 1 is 1.28 bits per heavy atom. The molecule has 0 atom stereocenters. The van der Waals surface area contributed by atoms with E-state index in [1.807, 2.05) is 6.07 Å². The maximum absolute atomic E-state index is 11.5. The summed E-state index contributed by atoms with van der Waals surface area (Å²) in [5.74, 6) is -0.880. The summed E-state index contributed by atoms with van der Waals surface area (Å²) in [6, 6.07) is 5.13. The number of hydrogen-bond donors (Lipinski definition) is 1. The number of carboxylic acid groups (broad SMARTS) is 1. The maximum atomic E-state index is 11.5. The fraction of sp³-hybridized carbons (Fsp3) is 0.538. The van der Waals surface area contributed by atoms with Crippen molar-refractivity contribution < 1.29 is 9.90 Å². The van der Waals surface area contributed by atoms with Gasteiger partial charge in [0.2, 0.25) is 0 Å². The van der Waals surface area contributed by atoms with Gasteiger partial charge in [-0.2, -0.15) is 0 Å². The fourth-order valence-electron chi connectivity index (χ4n) is 2.30. The molecule has 0 saturated carbocycles. The number of hydrogen-bond acceptors (Lipinski definition) is 3. The second kappa shape index (κ2) is 5.82. The van der Waals surface area contributed by atoms with Crippen LogP contribution in [0, 0.1) is 5.92 Å². The highest BCUT2D eigenvalue weighted by Crippen LogP contribution is 2.16. The van der Waals surface area contributed by atoms with E-state index in [2.05, 4.69) is 4.90 Å². The second-order valence-electron chi connectivity index (χ2n) is 4.69. The Morgan fingerprint density at radius 2 is 2.00 bits per heavy atom. The van der Waals surface area contributed by atoms with Gasteiger partial charge in [0.05, 0.1) is 5.92 Å². The predicted octanol–water partition coefficient (Wildman–Crippen LogP) is 0.645. The number of aromatic nitrogens is 1. The maximum Gasteiger partial charge on any atom is 0.306 e. The van der Waals surface area contributed by atoms with E-state index in [9.17, 15) is 9.59 Å². The normalized spacial score (nSPS) is 17.8. The number of pyridine rings is 1. The first-order valence-corrected chi connectivity index (χ1v) is 6.27. The molecule has 5 nitrogen and oxygen atoms in total. The quantitative estimate of drug-likeness (QED) is 0.852. The van der Waals surface area contributed by atoms with E-state index < -0.39 is 5.97 Å². The van der Waals surface area contributed by atoms with Gasteiger partial charge >= 0.3 is 5.97 Å². The van der Waals surface area contributed by atoms with Crippen molar-refractivity contribution in [2.45, 2.75) is 19.4 Å². The summed E-state index contributed by atoms with van der Waals surface area (Å²) >= 11 is 0. The standard InChI is InChI=1S/C13H18N2O3/c16-12-3-1-2-6-15(12)10-9-14-7-4-11(5-8-14)13(17)18/h1-3,6,11H,4-5,7-10H2,(H,17,18). The van der Waals surface area contributed by atoms with Crippen LogP contribution in [-0.2, 0) is 11.3 Å². The van der Waals surface area contributed by atoms with Crippen molar-refractivity contribution in [1.29, 1.82) is 0 Å². The predicted molar refractivity (Wildman–Crippen MR) is 67.5 cm³/mol. The number of aliphatic carboxylic acids is 1. The number of carboxylic acids is 1. The van der Waals surface area contributed by atoms with Crippen LogP contribution in [0.15, 0.2) is 29.2 Å². The lowest BCUT2D eigenvalue weighted by Gasteiger charge is -2.30. The molecular formula is C13H18N2O3. The Bertz CT molecular complexity index is 461. The highest BCUT2D eigenvalue weighted by atomic mass is 16.4. The van der Waals surface area contributed by atoms with Gasteiger partial charge in [-0.25, -0.2) is 0 Å². The van der Waals surface area contributed by atoms with Gasteiger partial charge in [0, 0.05) is 25.4 Å². The molecule has 2 rings (SSSR count). The second-order valence-corrected chi connectivity index (χ2v) is 4.69. The molecular weight excluding hydrogens is 232 g/mol. The minimum atomic E-state index is -0.686. The van der Waals surface area contributed by atoms with Crippen molar-refractivity contribution >= 4 is 5.97 Å². The summed E-state index contributed by atoms with van der Waals surface area (Å²) < 4.78 is 1.68. The molecule has 0 spiro atoms. The van der Waals surface area contributed by atoms with Crippen LogP contribution in [0.3, 0.4) is 0 Å². The van der Waals surface area contributed by atoms with Gasteiger partial charge in [-0.3, -0.25) is 9.59 Å². The molecule has 1 aliphatic rings. The average molecular weight is 250 g/mol. The average Bonchev–Trinajstić information content (AvgIpc) is 2.38. The van der Waals surface area contributed by atoms with Crippen LogP contribution in [0.2, 0.25) is 0 Å². The highest BCUT2D eigenvalue weighted by molar-refractivity contribution is 5.70. The van der Waals surface area contributed by atoms with Crippen molar-refractivity contribution in [2.75, 3.05) is 19.6 Å². The van der Waals surface area contributed by atoms with E-state index >= 15 is 0 Å². The summed E-state index contributed by atoms with van der Waals surface area (Å²) in [4.78, 5) is 24.5. The van der Waals surface area contributed by atoms with Crippen LogP contribution in [0.4, 0.5) is 0 Å². The molecule has 0 unspecified atom stereocenters. The molecule has 0 aliphatic carbocycles. The summed E-state index contributed by atoms with van der Waals surface area (Å²) in [5.41, 5.74) is 0.0120. The minimum Gasteiger partial charge on any atom is -0.481 e. The van der Waals surface area contributed by atoms with E-state index in [0.29, 0.717) is 19.4 Å². The third-order valence-electron chi connectivity index (χ3n) is 3.49. The van der Waals surface area contributed by atoms with E-state index in [4.69, 9.17) is 5.11 Å². The lowest BCUT2D eigenvalue weighted by Crippen LogP contribution is -2.38. The van der Waals surface area contributed by atoms with Crippen LogP contribution in [0.5, 0.6) is 0 Å². The summed E-state index contributed by atoms with van der Waals surface area (Å²) in [6.45, 7) is 3.07. The molecule has 1 saturated heterocycles. The van der Waals surface area contributed by atoms with Crippen LogP contribution in [-0.4, -0.2) is 40.2 Å². The van der Waals surface area contributed by atoms with Crippen LogP contribution in [0.1, 0.15) is 12.8 Å². The third-order valence-corrected chi connectivity index (χ3v) is 3.49.